The topological polar surface area (TPSA) is 385 Å². The van der Waals surface area contributed by atoms with Gasteiger partial charge >= 0.3 is 5.97 Å². The van der Waals surface area contributed by atoms with E-state index in [4.69, 9.17) is 125 Å². The van der Waals surface area contributed by atoms with E-state index in [0.29, 0.717) is 104 Å². The molecule has 0 unspecified atom stereocenters. The van der Waals surface area contributed by atoms with Crippen LogP contribution in [0.4, 0.5) is 0 Å². The molecule has 0 saturated carbocycles. The van der Waals surface area contributed by atoms with E-state index in [9.17, 15) is 15.0 Å². The highest BCUT2D eigenvalue weighted by molar-refractivity contribution is 14.1. The first-order chi connectivity index (χ1) is 66.1. The molecule has 788 valence electrons. The number of rotatable bonds is 22. The standard InChI is InChI=1S/C25H42ClN3O5Si2.C24H42ClN3O4Si2.C23H39ClIN3O3Si2.C11H11ClIN3O3.C6H3ClIN3.C6H4ClN3/c1-24(2,3)35(8,9)32-14-18-17(34-36(10,11)25(4,5)6)12-19(33-18)29-13-16(23(30)31-7)20-21(26)27-15-28-22(20)29;1-23(2,3)33(7,8)30-14-18-17(32-34(9,10)24(4,5)6)11-19(31-18)28-12-16(13-29)20-21(25)26-15-27-22(20)28;1-22(2,3)32(7,8)29-13-17-16(31-33(9,10)23(4,5)6)11-18(30-17)28-12-15(25)19-20(24)26-14-27-21(19)28;12-10-9-5(13)2-16(11(9)15-4-14-10)8-1-6(18)7(3-17)19-8;7-5-4-3(8)1-9-6(4)11-2-10-5;7-5-4-1-2-8-6(4)10-3-9-5/h13,15,17-19H,12,14H2,1-11H3;12,15,17-19,29H,11,13-14H2,1-10H3;12,14,16-18H,11,13H2,1-10H3;2,4,6-8,17-18H,1,3H2;1-2H,(H,9,10,11);1-3H,(H,8,9,10)/t2*17-,18-,19-;16-,17-,18-;6-,7-,8-;;/m1111../s1. The maximum atomic E-state index is 12.5. The minimum atomic E-state index is -2.09. The van der Waals surface area contributed by atoms with E-state index in [0.717, 1.165) is 55.6 Å². The van der Waals surface area contributed by atoms with Crippen molar-refractivity contribution in [3.63, 3.8) is 0 Å². The molecule has 4 saturated heterocycles. The Bertz CT molecular complexity index is 6400. The number of nitrogens with one attached hydrogen (secondary N) is 2. The lowest BCUT2D eigenvalue weighted by molar-refractivity contribution is -0.0430. The lowest BCUT2D eigenvalue weighted by atomic mass is 10.2. The van der Waals surface area contributed by atoms with Crippen LogP contribution in [-0.4, -0.2) is 242 Å². The summed E-state index contributed by atoms with van der Waals surface area (Å²) in [6.45, 7) is 68.8. The largest absolute Gasteiger partial charge is 0.465 e. The summed E-state index contributed by atoms with van der Waals surface area (Å²) in [6.07, 6.45) is 18.8. The third-order valence-electron chi connectivity index (χ3n) is 29.7. The molecule has 12 atom stereocenters. The monoisotopic (exact) mass is 2530 g/mol. The molecule has 48 heteroatoms. The van der Waals surface area contributed by atoms with Crippen molar-refractivity contribution >= 4 is 259 Å². The number of fused-ring (bicyclic) bond motifs is 6. The van der Waals surface area contributed by atoms with Crippen molar-refractivity contribution in [3.05, 3.63) is 134 Å². The quantitative estimate of drug-likeness (QED) is 0.0182. The molecular formula is C95H141Cl6I3N18O15Si6. The number of aromatic nitrogens is 18. The van der Waals surface area contributed by atoms with E-state index in [1.54, 1.807) is 12.4 Å². The number of esters is 1. The van der Waals surface area contributed by atoms with Crippen LogP contribution in [0.3, 0.4) is 0 Å². The van der Waals surface area contributed by atoms with Gasteiger partial charge in [0.05, 0.1) is 102 Å². The molecule has 33 nitrogen and oxygen atoms in total. The van der Waals surface area contributed by atoms with Crippen LogP contribution < -0.4 is 0 Å². The molecule has 0 bridgehead atoms. The molecular weight excluding hydrogens is 2400 g/mol. The first-order valence-electron chi connectivity index (χ1n) is 47.6. The van der Waals surface area contributed by atoms with Crippen LogP contribution in [0.5, 0.6) is 0 Å². The van der Waals surface area contributed by atoms with Gasteiger partial charge in [0.15, 0.2) is 49.9 Å². The summed E-state index contributed by atoms with van der Waals surface area (Å²) < 4.78 is 81.6. The minimum absolute atomic E-state index is 0.0342. The first kappa shape index (κ1) is 119. The summed E-state index contributed by atoms with van der Waals surface area (Å²) in [5.41, 5.74) is 5.20. The Labute approximate surface area is 915 Å². The molecule has 5 N–H and O–H groups in total. The van der Waals surface area contributed by atoms with Crippen molar-refractivity contribution < 1.29 is 70.4 Å². The van der Waals surface area contributed by atoms with E-state index in [1.807, 2.05) is 38.4 Å². The van der Waals surface area contributed by atoms with Crippen molar-refractivity contribution in [2.75, 3.05) is 33.5 Å². The number of methoxy groups -OCH3 is 1. The summed E-state index contributed by atoms with van der Waals surface area (Å²) in [5.74, 6) is -0.500. The maximum absolute atomic E-state index is 12.5. The summed E-state index contributed by atoms with van der Waals surface area (Å²) >= 11 is 43.3. The SMILES string of the molecule is CC(C)(C)[Si](C)(C)OC[C@H]1O[C@@H](n2cc(CO)c3c(Cl)ncnc32)C[C@H]1O[Si](C)(C)C(C)(C)C.CC(C)(C)[Si](C)(C)OC[C@H]1O[C@@H](n2cc(I)c3c(Cl)ncnc32)C[C@H]1O[Si](C)(C)C(C)(C)C.COC(=O)c1cn([C@H]2C[C@@H](O[Si](C)(C)C(C)(C)C)[C@@H](CO[Si](C)(C)C(C)(C)C)O2)c2ncnc(Cl)c12.Clc1ncnc2[nH]cc(I)c12.Clc1ncnc2[nH]ccc12.OC[C@H]1O[C@@H](n2cc(I)c3c(Cl)ncnc32)C[C@H]1O. The normalized spacial score (nSPS) is 21.4. The third kappa shape index (κ3) is 27.6. The van der Waals surface area contributed by atoms with Crippen LogP contribution in [0.25, 0.3) is 66.2 Å². The lowest BCUT2D eigenvalue weighted by Crippen LogP contribution is -2.48. The number of nitrogens with zero attached hydrogens (tertiary/aromatic N) is 16. The van der Waals surface area contributed by atoms with Crippen LogP contribution in [0, 0.1) is 10.7 Å². The van der Waals surface area contributed by atoms with Crippen LogP contribution in [0.2, 0.25) is 140 Å². The van der Waals surface area contributed by atoms with E-state index in [2.05, 4.69) is 352 Å². The Hall–Kier alpha value is -4.10. The number of carbonyl (C=O) groups is 1. The molecule has 0 spiro atoms. The second-order valence-electron chi connectivity index (χ2n) is 45.5. The number of hydrogen-bond acceptors (Lipinski definition) is 27. The number of H-pyrrole nitrogens is 2. The van der Waals surface area contributed by atoms with Crippen molar-refractivity contribution in [1.29, 1.82) is 0 Å². The van der Waals surface area contributed by atoms with Crippen LogP contribution in [0.15, 0.2) is 81.2 Å². The zero-order valence-corrected chi connectivity index (χ0v) is 105. The van der Waals surface area contributed by atoms with Crippen molar-refractivity contribution in [2.45, 2.75) is 339 Å². The second-order valence-corrected chi connectivity index (χ2v) is 79.8. The predicted molar refractivity (Wildman–Crippen MR) is 606 cm³/mol. The molecule has 0 radical (unpaired) electrons. The Kier molecular flexibility index (Phi) is 39.0. The Morgan fingerprint density at radius 3 is 1.06 bits per heavy atom. The molecule has 16 heterocycles. The van der Waals surface area contributed by atoms with Crippen molar-refractivity contribution in [3.8, 4) is 0 Å². The lowest BCUT2D eigenvalue weighted by Gasteiger charge is -2.40. The second kappa shape index (κ2) is 46.8. The highest BCUT2D eigenvalue weighted by atomic mass is 127. The van der Waals surface area contributed by atoms with Crippen molar-refractivity contribution in [1.82, 2.24) is 88.0 Å². The molecule has 0 aromatic carbocycles. The average Bonchev–Trinajstić information content (AvgIpc) is 1.62. The van der Waals surface area contributed by atoms with Gasteiger partial charge in [-0.2, -0.15) is 0 Å². The average molecular weight is 2540 g/mol. The number of carbonyl (C=O) groups excluding carboxylic acids is 1. The predicted octanol–water partition coefficient (Wildman–Crippen LogP) is 25.4. The maximum Gasteiger partial charge on any atom is 0.340 e. The molecule has 12 aromatic rings. The van der Waals surface area contributed by atoms with Crippen LogP contribution in [0.1, 0.15) is 191 Å². The number of hydrogen-bond donors (Lipinski definition) is 5. The summed E-state index contributed by atoms with van der Waals surface area (Å²) in [5, 5.41) is 36.3. The van der Waals surface area contributed by atoms with Gasteiger partial charge in [-0.25, -0.2) is 64.6 Å². The number of halogens is 9. The van der Waals surface area contributed by atoms with Gasteiger partial charge in [-0.15, -0.1) is 0 Å². The Balaban J connectivity index is 0.000000172. The number of aliphatic hydroxyl groups is 3. The Morgan fingerprint density at radius 2 is 0.713 bits per heavy atom. The van der Waals surface area contributed by atoms with E-state index < -0.39 is 74.3 Å². The van der Waals surface area contributed by atoms with E-state index in [1.165, 1.54) is 45.1 Å². The van der Waals surface area contributed by atoms with Gasteiger partial charge in [0.1, 0.15) is 152 Å². The van der Waals surface area contributed by atoms with Crippen molar-refractivity contribution in [2.24, 2.45) is 0 Å². The molecule has 0 aliphatic carbocycles. The smallest absolute Gasteiger partial charge is 0.340 e. The molecule has 4 fully saturated rings. The fraction of sp³-hybridized carbons (Fsp3) is 0.611. The molecule has 16 rings (SSSR count). The fourth-order valence-electron chi connectivity index (χ4n) is 14.8. The van der Waals surface area contributed by atoms with Gasteiger partial charge < -0.3 is 93.8 Å². The van der Waals surface area contributed by atoms with Gasteiger partial charge in [-0.1, -0.05) is 194 Å². The molecule has 4 aliphatic heterocycles. The third-order valence-corrected chi connectivity index (χ3v) is 60.9. The number of ether oxygens (including phenoxy) is 5. The zero-order valence-electron chi connectivity index (χ0n) is 87.6. The number of aromatic amines is 2. The zero-order chi connectivity index (χ0) is 106. The van der Waals surface area contributed by atoms with Crippen LogP contribution >= 0.6 is 137 Å². The summed E-state index contributed by atoms with van der Waals surface area (Å²) in [4.78, 5) is 68.0. The van der Waals surface area contributed by atoms with Crippen LogP contribution in [-0.2, 0) is 56.8 Å². The minimum Gasteiger partial charge on any atom is -0.465 e. The van der Waals surface area contributed by atoms with Gasteiger partial charge in [0, 0.05) is 79.1 Å². The summed E-state index contributed by atoms with van der Waals surface area (Å²) in [7, 11) is -10.6. The highest BCUT2D eigenvalue weighted by Crippen LogP contribution is 2.50. The van der Waals surface area contributed by atoms with Gasteiger partial charge in [0.2, 0.25) is 0 Å². The van der Waals surface area contributed by atoms with E-state index >= 15 is 0 Å². The van der Waals surface area contributed by atoms with Gasteiger partial charge in [-0.3, -0.25) is 0 Å². The van der Waals surface area contributed by atoms with Gasteiger partial charge in [0.25, 0.3) is 0 Å². The molecule has 4 aliphatic rings. The van der Waals surface area contributed by atoms with Gasteiger partial charge in [-0.05, 0) is 183 Å². The molecule has 143 heavy (non-hydrogen) atoms. The fourth-order valence-corrected chi connectivity index (χ4v) is 26.1. The summed E-state index contributed by atoms with van der Waals surface area (Å²) in [6, 6.07) is 1.84. The highest BCUT2D eigenvalue weighted by Gasteiger charge is 2.52. The first-order valence-corrected chi connectivity index (χ1v) is 70.5. The molecule has 12 aromatic heterocycles. The number of aliphatic hydroxyl groups excluding tert-OH is 3. The van der Waals surface area contributed by atoms with E-state index in [-0.39, 0.29) is 104 Å². The molecule has 0 amide bonds. The Morgan fingerprint density at radius 1 is 0.399 bits per heavy atom.